The van der Waals surface area contributed by atoms with Gasteiger partial charge < -0.3 is 5.11 Å². The summed E-state index contributed by atoms with van der Waals surface area (Å²) in [5, 5.41) is 26.9. The molecule has 0 bridgehead atoms. The Morgan fingerprint density at radius 1 is 1.28 bits per heavy atom. The largest absolute Gasteiger partial charge is 0.507 e. The number of phenolic OH excluding ortho intramolecular Hbond substituents is 1. The first-order valence-corrected chi connectivity index (χ1v) is 8.68. The Morgan fingerprint density at radius 3 is 2.76 bits per heavy atom. The molecule has 7 nitrogen and oxygen atoms in total. The molecular formula is C16H11BrN4O3S. The number of aromatic nitrogens is 1. The molecule has 0 atom stereocenters. The summed E-state index contributed by atoms with van der Waals surface area (Å²) in [6, 6.07) is 11.5. The number of benzene rings is 2. The van der Waals surface area contributed by atoms with Crippen LogP contribution in [0.2, 0.25) is 0 Å². The molecule has 0 aliphatic heterocycles. The Morgan fingerprint density at radius 2 is 2.04 bits per heavy atom. The van der Waals surface area contributed by atoms with Crippen LogP contribution in [0.15, 0.2) is 57.4 Å². The highest BCUT2D eigenvalue weighted by atomic mass is 79.9. The monoisotopic (exact) mass is 418 g/mol. The van der Waals surface area contributed by atoms with E-state index >= 15 is 0 Å². The Labute approximate surface area is 155 Å². The molecule has 3 rings (SSSR count). The second kappa shape index (κ2) is 7.41. The molecule has 9 heteroatoms. The zero-order valence-corrected chi connectivity index (χ0v) is 15.0. The molecule has 1 aromatic heterocycles. The predicted octanol–water partition coefficient (Wildman–Crippen LogP) is 4.63. The number of rotatable bonds is 5. The fraction of sp³-hybridized carbons (Fsp3) is 0. The lowest BCUT2D eigenvalue weighted by molar-refractivity contribution is -0.384. The van der Waals surface area contributed by atoms with Crippen molar-refractivity contribution < 1.29 is 10.0 Å². The van der Waals surface area contributed by atoms with Crippen molar-refractivity contribution in [1.29, 1.82) is 0 Å². The number of phenols is 1. The number of hydrogen-bond donors (Lipinski definition) is 2. The third-order valence-electron chi connectivity index (χ3n) is 3.23. The molecule has 0 radical (unpaired) electrons. The summed E-state index contributed by atoms with van der Waals surface area (Å²) < 4.78 is 0.992. The van der Waals surface area contributed by atoms with Gasteiger partial charge in [-0.15, -0.1) is 11.3 Å². The lowest BCUT2D eigenvalue weighted by Gasteiger charge is -1.99. The lowest BCUT2D eigenvalue weighted by atomic mass is 10.2. The quantitative estimate of drug-likeness (QED) is 0.357. The van der Waals surface area contributed by atoms with Crippen LogP contribution in [0.4, 0.5) is 10.8 Å². The van der Waals surface area contributed by atoms with Gasteiger partial charge in [-0.2, -0.15) is 5.10 Å². The number of halogens is 1. The average Bonchev–Trinajstić information content (AvgIpc) is 3.06. The molecule has 0 saturated carbocycles. The zero-order chi connectivity index (χ0) is 17.8. The molecule has 0 fully saturated rings. The minimum atomic E-state index is -0.532. The molecule has 0 spiro atoms. The summed E-state index contributed by atoms with van der Waals surface area (Å²) in [5.74, 6) is -0.0918. The molecule has 0 unspecified atom stereocenters. The molecule has 3 aromatic rings. The van der Waals surface area contributed by atoms with Gasteiger partial charge in [-0.1, -0.05) is 28.1 Å². The topological polar surface area (TPSA) is 101 Å². The number of non-ortho nitro benzene ring substituents is 1. The van der Waals surface area contributed by atoms with Crippen molar-refractivity contribution in [3.8, 4) is 17.0 Å². The van der Waals surface area contributed by atoms with Crippen LogP contribution >= 0.6 is 27.3 Å². The molecular weight excluding hydrogens is 408 g/mol. The highest BCUT2D eigenvalue weighted by Crippen LogP contribution is 2.26. The third-order valence-corrected chi connectivity index (χ3v) is 4.51. The zero-order valence-electron chi connectivity index (χ0n) is 12.6. The van der Waals surface area contributed by atoms with Gasteiger partial charge in [0.2, 0.25) is 5.13 Å². The summed E-state index contributed by atoms with van der Waals surface area (Å²) in [4.78, 5) is 14.7. The molecule has 0 aliphatic rings. The van der Waals surface area contributed by atoms with Gasteiger partial charge in [-0.3, -0.25) is 15.5 Å². The maximum Gasteiger partial charge on any atom is 0.270 e. The first kappa shape index (κ1) is 17.1. The van der Waals surface area contributed by atoms with Crippen molar-refractivity contribution in [2.45, 2.75) is 0 Å². The Kier molecular flexibility index (Phi) is 5.05. The Bertz CT molecular complexity index is 941. The fourth-order valence-electron chi connectivity index (χ4n) is 1.99. The summed E-state index contributed by atoms with van der Waals surface area (Å²) >= 11 is 4.77. The van der Waals surface area contributed by atoms with Crippen LogP contribution in [0, 0.1) is 10.1 Å². The van der Waals surface area contributed by atoms with Crippen LogP contribution in [-0.2, 0) is 0 Å². The number of hydrazone groups is 1. The molecule has 1 heterocycles. The van der Waals surface area contributed by atoms with E-state index in [-0.39, 0.29) is 17.0 Å². The SMILES string of the molecule is O=[N+]([O-])c1ccc(O)c(/C=N\Nc2nc(-c3ccc(Br)cc3)cs2)c1. The number of anilines is 1. The molecule has 126 valence electrons. The van der Waals surface area contributed by atoms with Crippen molar-refractivity contribution in [3.63, 3.8) is 0 Å². The van der Waals surface area contributed by atoms with E-state index in [2.05, 4.69) is 31.4 Å². The summed E-state index contributed by atoms with van der Waals surface area (Å²) in [7, 11) is 0. The predicted molar refractivity (Wildman–Crippen MR) is 101 cm³/mol. The van der Waals surface area contributed by atoms with Crippen molar-refractivity contribution in [2.75, 3.05) is 5.43 Å². The first-order chi connectivity index (χ1) is 12.0. The number of nitro benzene ring substituents is 1. The highest BCUT2D eigenvalue weighted by molar-refractivity contribution is 9.10. The van der Waals surface area contributed by atoms with Gasteiger partial charge in [0.15, 0.2) is 0 Å². The van der Waals surface area contributed by atoms with Crippen molar-refractivity contribution >= 4 is 44.3 Å². The molecule has 0 saturated heterocycles. The molecule has 0 amide bonds. The van der Waals surface area contributed by atoms with Crippen molar-refractivity contribution in [2.24, 2.45) is 5.10 Å². The van der Waals surface area contributed by atoms with Crippen molar-refractivity contribution in [3.05, 3.63) is 68.0 Å². The Balaban J connectivity index is 1.72. The minimum absolute atomic E-state index is 0.0918. The summed E-state index contributed by atoms with van der Waals surface area (Å²) in [6.07, 6.45) is 1.31. The maximum absolute atomic E-state index is 10.8. The molecule has 2 N–H and O–H groups in total. The number of hydrogen-bond acceptors (Lipinski definition) is 7. The van der Waals surface area contributed by atoms with E-state index in [1.54, 1.807) is 0 Å². The van der Waals surface area contributed by atoms with Crippen LogP contribution in [0.5, 0.6) is 5.75 Å². The van der Waals surface area contributed by atoms with Gasteiger partial charge in [0.05, 0.1) is 16.8 Å². The number of thiazole rings is 1. The molecule has 2 aromatic carbocycles. The second-order valence-electron chi connectivity index (χ2n) is 4.92. The van der Waals surface area contributed by atoms with E-state index in [4.69, 9.17) is 0 Å². The van der Waals surface area contributed by atoms with E-state index in [0.29, 0.717) is 5.13 Å². The maximum atomic E-state index is 10.8. The van der Waals surface area contributed by atoms with E-state index in [0.717, 1.165) is 15.7 Å². The van der Waals surface area contributed by atoms with Crippen LogP contribution in [0.1, 0.15) is 5.56 Å². The van der Waals surface area contributed by atoms with E-state index < -0.39 is 4.92 Å². The summed E-state index contributed by atoms with van der Waals surface area (Å²) in [6.45, 7) is 0. The van der Waals surface area contributed by atoms with E-state index in [9.17, 15) is 15.2 Å². The summed E-state index contributed by atoms with van der Waals surface area (Å²) in [5.41, 5.74) is 4.67. The molecule has 25 heavy (non-hydrogen) atoms. The smallest absolute Gasteiger partial charge is 0.270 e. The number of aromatic hydroxyl groups is 1. The number of nitrogens with one attached hydrogen (secondary N) is 1. The standard InChI is InChI=1S/C16H11BrN4O3S/c17-12-3-1-10(2-4-12)14-9-25-16(19-14)20-18-8-11-7-13(21(23)24)5-6-15(11)22/h1-9,22H,(H,19,20)/b18-8-. The van der Waals surface area contributed by atoms with E-state index in [1.165, 1.54) is 35.8 Å². The van der Waals surface area contributed by atoms with Crippen LogP contribution in [0.25, 0.3) is 11.3 Å². The van der Waals surface area contributed by atoms with E-state index in [1.807, 2.05) is 29.6 Å². The first-order valence-electron chi connectivity index (χ1n) is 7.01. The molecule has 0 aliphatic carbocycles. The van der Waals surface area contributed by atoms with Gasteiger partial charge in [0.25, 0.3) is 5.69 Å². The fourth-order valence-corrected chi connectivity index (χ4v) is 2.93. The number of nitrogens with zero attached hydrogens (tertiary/aromatic N) is 3. The lowest BCUT2D eigenvalue weighted by Crippen LogP contribution is -1.93. The van der Waals surface area contributed by atoms with Crippen molar-refractivity contribution in [1.82, 2.24) is 4.98 Å². The van der Waals surface area contributed by atoms with Crippen LogP contribution in [-0.4, -0.2) is 21.2 Å². The second-order valence-corrected chi connectivity index (χ2v) is 6.69. The van der Waals surface area contributed by atoms with Crippen LogP contribution < -0.4 is 5.43 Å². The Hall–Kier alpha value is -2.78. The highest BCUT2D eigenvalue weighted by Gasteiger charge is 2.09. The van der Waals surface area contributed by atoms with Gasteiger partial charge in [-0.25, -0.2) is 4.98 Å². The van der Waals surface area contributed by atoms with Gasteiger partial charge in [-0.05, 0) is 18.2 Å². The number of nitro groups is 1. The normalized spacial score (nSPS) is 10.9. The van der Waals surface area contributed by atoms with Gasteiger partial charge >= 0.3 is 0 Å². The average molecular weight is 419 g/mol. The van der Waals surface area contributed by atoms with Crippen LogP contribution in [0.3, 0.4) is 0 Å². The third kappa shape index (κ3) is 4.20. The van der Waals surface area contributed by atoms with Gasteiger partial charge in [0, 0.05) is 33.1 Å². The minimum Gasteiger partial charge on any atom is -0.507 e. The van der Waals surface area contributed by atoms with Gasteiger partial charge in [0.1, 0.15) is 5.75 Å².